The minimum atomic E-state index is -0.908. The van der Waals surface area contributed by atoms with Crippen molar-refractivity contribution in [2.45, 2.75) is 25.6 Å². The molecule has 3 aromatic carbocycles. The summed E-state index contributed by atoms with van der Waals surface area (Å²) in [4.78, 5) is 15.2. The van der Waals surface area contributed by atoms with Gasteiger partial charge in [0.25, 0.3) is 0 Å². The van der Waals surface area contributed by atoms with Gasteiger partial charge in [0.05, 0.1) is 7.11 Å². The topological polar surface area (TPSA) is 83.6 Å². The van der Waals surface area contributed by atoms with Crippen LogP contribution in [-0.4, -0.2) is 29.2 Å². The highest BCUT2D eigenvalue weighted by atomic mass is 79.9. The monoisotopic (exact) mass is 508 g/mol. The summed E-state index contributed by atoms with van der Waals surface area (Å²) in [7, 11) is 1.59. The van der Waals surface area contributed by atoms with Crippen molar-refractivity contribution in [1.29, 1.82) is 0 Å². The minimum Gasteiger partial charge on any atom is -0.493 e. The van der Waals surface area contributed by atoms with Crippen LogP contribution in [0.5, 0.6) is 11.5 Å². The molecule has 33 heavy (non-hydrogen) atoms. The molecule has 0 amide bonds. The Balaban J connectivity index is 1.53. The summed E-state index contributed by atoms with van der Waals surface area (Å²) in [5.74, 6) is 0.267. The highest BCUT2D eigenvalue weighted by Gasteiger charge is 2.21. The molecule has 1 aromatic heterocycles. The summed E-state index contributed by atoms with van der Waals surface area (Å²) in [5.41, 5.74) is 3.79. The number of hydrogen-bond donors (Lipinski definition) is 3. The molecule has 0 saturated heterocycles. The molecule has 0 aliphatic heterocycles. The van der Waals surface area contributed by atoms with E-state index in [1.165, 1.54) is 0 Å². The Bertz CT molecular complexity index is 1240. The van der Waals surface area contributed by atoms with E-state index in [2.05, 4.69) is 26.2 Å². The number of hydrogen-bond acceptors (Lipinski definition) is 4. The zero-order valence-electron chi connectivity index (χ0n) is 18.2. The fourth-order valence-electron chi connectivity index (χ4n) is 3.80. The number of methoxy groups -OCH3 is 1. The lowest BCUT2D eigenvalue weighted by atomic mass is 10.0. The Morgan fingerprint density at radius 2 is 1.85 bits per heavy atom. The summed E-state index contributed by atoms with van der Waals surface area (Å²) < 4.78 is 12.5. The number of carboxylic acids is 1. The van der Waals surface area contributed by atoms with Gasteiger partial charge in [-0.15, -0.1) is 0 Å². The first kappa shape index (κ1) is 22.9. The smallest absolute Gasteiger partial charge is 0.321 e. The molecule has 0 unspecified atom stereocenters. The highest BCUT2D eigenvalue weighted by Crippen LogP contribution is 2.35. The Hall–Kier alpha value is -3.29. The SMILES string of the molecule is COc1cc(Br)cc(CN[C@H](Cc2c[nH]c3ccccc23)C(=O)O)c1OCc1ccccc1. The number of ether oxygens (including phenoxy) is 2. The van der Waals surface area contributed by atoms with Crippen LogP contribution in [0.25, 0.3) is 10.9 Å². The van der Waals surface area contributed by atoms with Gasteiger partial charge in [0, 0.05) is 40.1 Å². The third-order valence-electron chi connectivity index (χ3n) is 5.48. The van der Waals surface area contributed by atoms with Gasteiger partial charge >= 0.3 is 5.97 Å². The number of para-hydroxylation sites is 1. The number of carboxylic acid groups (broad SMARTS) is 1. The van der Waals surface area contributed by atoms with Gasteiger partial charge in [0.15, 0.2) is 11.5 Å². The molecule has 170 valence electrons. The molecule has 4 aromatic rings. The molecular weight excluding hydrogens is 484 g/mol. The predicted molar refractivity (Wildman–Crippen MR) is 132 cm³/mol. The van der Waals surface area contributed by atoms with Gasteiger partial charge in [-0.2, -0.15) is 0 Å². The largest absolute Gasteiger partial charge is 0.493 e. The van der Waals surface area contributed by atoms with Crippen LogP contribution in [0.15, 0.2) is 77.4 Å². The molecule has 0 bridgehead atoms. The van der Waals surface area contributed by atoms with E-state index in [-0.39, 0.29) is 0 Å². The molecule has 0 aliphatic rings. The first-order valence-electron chi connectivity index (χ1n) is 10.6. The Kier molecular flexibility index (Phi) is 7.32. The average molecular weight is 509 g/mol. The van der Waals surface area contributed by atoms with Crippen molar-refractivity contribution in [3.63, 3.8) is 0 Å². The average Bonchev–Trinajstić information content (AvgIpc) is 3.24. The van der Waals surface area contributed by atoms with Crippen molar-refractivity contribution in [1.82, 2.24) is 10.3 Å². The number of H-pyrrole nitrogens is 1. The van der Waals surface area contributed by atoms with Gasteiger partial charge in [-0.05, 0) is 29.3 Å². The molecule has 6 nitrogen and oxygen atoms in total. The zero-order valence-corrected chi connectivity index (χ0v) is 19.8. The normalized spacial score (nSPS) is 11.9. The number of nitrogens with one attached hydrogen (secondary N) is 2. The number of benzene rings is 3. The number of aliphatic carboxylic acids is 1. The standard InChI is InChI=1S/C26H25BrN2O4/c1-32-24-13-20(27)11-19(25(24)33-16-17-7-3-2-4-8-17)15-29-23(26(30)31)12-18-14-28-22-10-6-5-9-21(18)22/h2-11,13-14,23,28-29H,12,15-16H2,1H3,(H,30,31)/t23-/m1/s1. The van der Waals surface area contributed by atoms with Crippen molar-refractivity contribution in [2.24, 2.45) is 0 Å². The van der Waals surface area contributed by atoms with Gasteiger partial charge in [0.1, 0.15) is 12.6 Å². The molecule has 4 rings (SSSR count). The fourth-order valence-corrected chi connectivity index (χ4v) is 4.28. The molecular formula is C26H25BrN2O4. The Labute approximate surface area is 200 Å². The van der Waals surface area contributed by atoms with Crippen molar-refractivity contribution in [3.8, 4) is 11.5 Å². The maximum Gasteiger partial charge on any atom is 0.321 e. The molecule has 0 fully saturated rings. The summed E-state index contributed by atoms with van der Waals surface area (Å²) in [6, 6.07) is 20.7. The second-order valence-corrected chi connectivity index (χ2v) is 8.62. The van der Waals surface area contributed by atoms with Crippen molar-refractivity contribution >= 4 is 32.8 Å². The third kappa shape index (κ3) is 5.56. The van der Waals surface area contributed by atoms with E-state index in [4.69, 9.17) is 9.47 Å². The molecule has 0 radical (unpaired) electrons. The van der Waals surface area contributed by atoms with Crippen LogP contribution in [0.1, 0.15) is 16.7 Å². The quantitative estimate of drug-likeness (QED) is 0.270. The van der Waals surface area contributed by atoms with Crippen LogP contribution >= 0.6 is 15.9 Å². The molecule has 1 atom stereocenters. The summed E-state index contributed by atoms with van der Waals surface area (Å²) >= 11 is 3.51. The van der Waals surface area contributed by atoms with E-state index in [0.717, 1.165) is 32.1 Å². The number of carbonyl (C=O) groups is 1. The lowest BCUT2D eigenvalue weighted by molar-refractivity contribution is -0.139. The van der Waals surface area contributed by atoms with Crippen LogP contribution < -0.4 is 14.8 Å². The van der Waals surface area contributed by atoms with Crippen LogP contribution in [0.3, 0.4) is 0 Å². The number of aromatic nitrogens is 1. The van der Waals surface area contributed by atoms with E-state index in [1.807, 2.05) is 72.9 Å². The van der Waals surface area contributed by atoms with E-state index in [0.29, 0.717) is 31.1 Å². The molecule has 0 spiro atoms. The lowest BCUT2D eigenvalue weighted by Crippen LogP contribution is -2.38. The maximum absolute atomic E-state index is 12.0. The predicted octanol–water partition coefficient (Wildman–Crippen LogP) is 5.30. The first-order valence-corrected chi connectivity index (χ1v) is 11.4. The van der Waals surface area contributed by atoms with Crippen molar-refractivity contribution in [3.05, 3.63) is 94.1 Å². The van der Waals surface area contributed by atoms with E-state index >= 15 is 0 Å². The number of halogens is 1. The highest BCUT2D eigenvalue weighted by molar-refractivity contribution is 9.10. The van der Waals surface area contributed by atoms with Gasteiger partial charge in [0.2, 0.25) is 0 Å². The van der Waals surface area contributed by atoms with E-state index in [9.17, 15) is 9.90 Å². The number of aromatic amines is 1. The van der Waals surface area contributed by atoms with E-state index < -0.39 is 12.0 Å². The van der Waals surface area contributed by atoms with Gasteiger partial charge in [-0.3, -0.25) is 10.1 Å². The molecule has 1 heterocycles. The zero-order chi connectivity index (χ0) is 23.2. The molecule has 3 N–H and O–H groups in total. The van der Waals surface area contributed by atoms with Crippen LogP contribution in [0, 0.1) is 0 Å². The third-order valence-corrected chi connectivity index (χ3v) is 5.94. The molecule has 7 heteroatoms. The number of fused-ring (bicyclic) bond motifs is 1. The van der Waals surface area contributed by atoms with Crippen molar-refractivity contribution < 1.29 is 19.4 Å². The van der Waals surface area contributed by atoms with Crippen LogP contribution in [0.2, 0.25) is 0 Å². The summed E-state index contributed by atoms with van der Waals surface area (Å²) in [6.07, 6.45) is 2.23. The van der Waals surface area contributed by atoms with Gasteiger partial charge < -0.3 is 19.6 Å². The van der Waals surface area contributed by atoms with Crippen LogP contribution in [-0.2, 0) is 24.4 Å². The van der Waals surface area contributed by atoms with Crippen LogP contribution in [0.4, 0.5) is 0 Å². The number of rotatable bonds is 10. The molecule has 0 aliphatic carbocycles. The summed E-state index contributed by atoms with van der Waals surface area (Å²) in [6.45, 7) is 0.683. The lowest BCUT2D eigenvalue weighted by Gasteiger charge is -2.19. The van der Waals surface area contributed by atoms with E-state index in [1.54, 1.807) is 7.11 Å². The minimum absolute atomic E-state index is 0.305. The Morgan fingerprint density at radius 3 is 2.61 bits per heavy atom. The summed E-state index contributed by atoms with van der Waals surface area (Å²) in [5, 5.41) is 14.1. The first-order chi connectivity index (χ1) is 16.0. The second kappa shape index (κ2) is 10.6. The molecule has 0 saturated carbocycles. The van der Waals surface area contributed by atoms with Gasteiger partial charge in [-0.25, -0.2) is 0 Å². The Morgan fingerprint density at radius 1 is 1.09 bits per heavy atom. The van der Waals surface area contributed by atoms with Gasteiger partial charge in [-0.1, -0.05) is 64.5 Å². The maximum atomic E-state index is 12.0. The second-order valence-electron chi connectivity index (χ2n) is 7.71. The van der Waals surface area contributed by atoms with Crippen molar-refractivity contribution in [2.75, 3.05) is 7.11 Å². The fraction of sp³-hybridized carbons (Fsp3) is 0.192.